The van der Waals surface area contributed by atoms with E-state index in [1.807, 2.05) is 12.2 Å². The molecule has 0 spiro atoms. The van der Waals surface area contributed by atoms with Gasteiger partial charge < -0.3 is 0 Å². The average Bonchev–Trinajstić information content (AvgIpc) is 3.46. The lowest BCUT2D eigenvalue weighted by Crippen LogP contribution is -2.50. The van der Waals surface area contributed by atoms with Crippen molar-refractivity contribution in [2.24, 2.45) is 35.5 Å². The van der Waals surface area contributed by atoms with E-state index >= 15 is 0 Å². The Hall–Kier alpha value is -2.64. The van der Waals surface area contributed by atoms with Gasteiger partial charge in [-0.1, -0.05) is 30.4 Å². The van der Waals surface area contributed by atoms with Crippen LogP contribution in [0.2, 0.25) is 0 Å². The first-order valence-corrected chi connectivity index (χ1v) is 10.1. The number of hydrogen-bond donors (Lipinski definition) is 0. The Morgan fingerprint density at radius 3 is 2.00 bits per heavy atom. The summed E-state index contributed by atoms with van der Waals surface area (Å²) in [5.41, 5.74) is 1.01. The zero-order valence-electron chi connectivity index (χ0n) is 16.5. The Kier molecular flexibility index (Phi) is 3.98. The highest BCUT2D eigenvalue weighted by atomic mass is 19.4. The minimum absolute atomic E-state index is 0.0292. The van der Waals surface area contributed by atoms with Crippen molar-refractivity contribution >= 4 is 23.4 Å². The molecule has 4 aliphatic carbocycles. The molecule has 6 rings (SSSR count). The van der Waals surface area contributed by atoms with Crippen LogP contribution in [0.25, 0.3) is 0 Å². The Bertz CT molecular complexity index is 946. The average molecular weight is 418 g/mol. The van der Waals surface area contributed by atoms with E-state index in [0.717, 1.165) is 11.3 Å². The highest BCUT2D eigenvalue weighted by Crippen LogP contribution is 2.65. The van der Waals surface area contributed by atoms with Gasteiger partial charge in [0.05, 0.1) is 17.5 Å². The van der Waals surface area contributed by atoms with Crippen LogP contribution in [0.15, 0.2) is 30.4 Å². The van der Waals surface area contributed by atoms with E-state index in [2.05, 4.69) is 0 Å². The monoisotopic (exact) mass is 418 g/mol. The first-order valence-electron chi connectivity index (χ1n) is 10.1. The molecule has 1 heterocycles. The van der Waals surface area contributed by atoms with Gasteiger partial charge in [-0.25, -0.2) is 0 Å². The molecule has 8 heteroatoms. The van der Waals surface area contributed by atoms with Crippen molar-refractivity contribution < 1.29 is 27.6 Å². The van der Waals surface area contributed by atoms with Crippen molar-refractivity contribution in [3.63, 3.8) is 0 Å². The lowest BCUT2D eigenvalue weighted by molar-refractivity contribution is -0.171. The lowest BCUT2D eigenvalue weighted by atomic mass is 9.63. The number of alkyl halides is 3. The number of allylic oxidation sites excluding steroid dienone is 2. The minimum atomic E-state index is -5.13. The second kappa shape index (κ2) is 6.18. The van der Waals surface area contributed by atoms with Crippen molar-refractivity contribution in [1.82, 2.24) is 4.90 Å². The number of rotatable bonds is 3. The molecule has 0 aromatic heterocycles. The molecular weight excluding hydrogens is 397 g/mol. The normalized spacial score (nSPS) is 33.6. The first-order chi connectivity index (χ1) is 14.1. The molecule has 1 saturated heterocycles. The third-order valence-corrected chi connectivity index (χ3v) is 7.23. The smallest absolute Gasteiger partial charge is 0.285 e. The zero-order valence-corrected chi connectivity index (χ0v) is 16.5. The molecule has 1 aromatic carbocycles. The number of likely N-dealkylation sites (tertiary alicyclic amines) is 1. The van der Waals surface area contributed by atoms with Crippen LogP contribution in [0.4, 0.5) is 18.9 Å². The Morgan fingerprint density at radius 1 is 1.03 bits per heavy atom. The van der Waals surface area contributed by atoms with Gasteiger partial charge in [-0.3, -0.25) is 24.2 Å². The molecule has 0 unspecified atom stereocenters. The highest BCUT2D eigenvalue weighted by molar-refractivity contribution is 6.08. The number of carbonyl (C=O) groups is 3. The molecule has 0 N–H and O–H groups in total. The van der Waals surface area contributed by atoms with Crippen LogP contribution in [-0.4, -0.2) is 35.5 Å². The molecule has 5 nitrogen and oxygen atoms in total. The standard InChI is InChI=1S/C22H21F3N2O3/c1-10-4-3-5-11(2)18(10)26(21(30)22(23,24)25)9-27-19(28)16-12-6-7-13(15-8-14(12)15)17(16)20(27)29/h3-7,12-17H,8-9H2,1-2H3/t12-,13-,14-,15+,16+,17+/m1/s1. The van der Waals surface area contributed by atoms with Crippen LogP contribution in [0.1, 0.15) is 17.5 Å². The summed E-state index contributed by atoms with van der Waals surface area (Å²) in [6, 6.07) is 4.88. The van der Waals surface area contributed by atoms with Crippen LogP contribution in [-0.2, 0) is 14.4 Å². The van der Waals surface area contributed by atoms with Crippen LogP contribution in [0, 0.1) is 49.4 Å². The van der Waals surface area contributed by atoms with Crippen molar-refractivity contribution in [2.45, 2.75) is 26.4 Å². The predicted octanol–water partition coefficient (Wildman–Crippen LogP) is 3.21. The van der Waals surface area contributed by atoms with E-state index in [-0.39, 0.29) is 17.5 Å². The third kappa shape index (κ3) is 2.58. The summed E-state index contributed by atoms with van der Waals surface area (Å²) in [6.45, 7) is 2.48. The Morgan fingerprint density at radius 2 is 1.53 bits per heavy atom. The minimum Gasteiger partial charge on any atom is -0.285 e. The fourth-order valence-electron chi connectivity index (χ4n) is 5.92. The van der Waals surface area contributed by atoms with E-state index < -0.39 is 42.4 Å². The third-order valence-electron chi connectivity index (χ3n) is 7.23. The van der Waals surface area contributed by atoms with E-state index in [1.165, 1.54) is 0 Å². The van der Waals surface area contributed by atoms with Crippen LogP contribution < -0.4 is 4.90 Å². The van der Waals surface area contributed by atoms with Crippen molar-refractivity contribution in [3.8, 4) is 0 Å². The molecule has 3 amide bonds. The summed E-state index contributed by atoms with van der Waals surface area (Å²) < 4.78 is 40.2. The maximum Gasteiger partial charge on any atom is 0.471 e. The topological polar surface area (TPSA) is 57.7 Å². The van der Waals surface area contributed by atoms with E-state index in [0.29, 0.717) is 27.9 Å². The summed E-state index contributed by atoms with van der Waals surface area (Å²) in [7, 11) is 0. The Balaban J connectivity index is 1.51. The summed E-state index contributed by atoms with van der Waals surface area (Å²) >= 11 is 0. The lowest BCUT2D eigenvalue weighted by Gasteiger charge is -2.37. The molecule has 30 heavy (non-hydrogen) atoms. The number of aryl methyl sites for hydroxylation is 2. The Labute approximate surface area is 171 Å². The molecule has 3 fully saturated rings. The van der Waals surface area contributed by atoms with Crippen molar-refractivity contribution in [1.29, 1.82) is 0 Å². The van der Waals surface area contributed by atoms with E-state index in [9.17, 15) is 27.6 Å². The molecule has 1 aromatic rings. The number of hydrogen-bond acceptors (Lipinski definition) is 3. The fraction of sp³-hybridized carbons (Fsp3) is 0.500. The van der Waals surface area contributed by atoms with Crippen LogP contribution in [0.3, 0.4) is 0 Å². The van der Waals surface area contributed by atoms with E-state index in [4.69, 9.17) is 0 Å². The number of anilines is 1. The van der Waals surface area contributed by atoms with Gasteiger partial charge >= 0.3 is 12.1 Å². The first kappa shape index (κ1) is 19.3. The second-order valence-corrected chi connectivity index (χ2v) is 8.87. The predicted molar refractivity (Wildman–Crippen MR) is 101 cm³/mol. The summed E-state index contributed by atoms with van der Waals surface area (Å²) in [5.74, 6) is -3.30. The maximum absolute atomic E-state index is 13.4. The zero-order chi connectivity index (χ0) is 21.5. The van der Waals surface area contributed by atoms with Gasteiger partial charge in [0.1, 0.15) is 6.67 Å². The molecule has 5 aliphatic rings. The molecule has 2 bridgehead atoms. The summed E-state index contributed by atoms with van der Waals surface area (Å²) in [6.07, 6.45) is -0.135. The van der Waals surface area contributed by atoms with E-state index in [1.54, 1.807) is 32.0 Å². The molecular formula is C22H21F3N2O3. The number of nitrogens with zero attached hydrogens (tertiary/aromatic N) is 2. The van der Waals surface area contributed by atoms with Crippen LogP contribution in [0.5, 0.6) is 0 Å². The molecule has 158 valence electrons. The van der Waals surface area contributed by atoms with Crippen molar-refractivity contribution in [2.75, 3.05) is 11.6 Å². The molecule has 6 atom stereocenters. The quantitative estimate of drug-likeness (QED) is 0.560. The molecule has 1 aliphatic heterocycles. The van der Waals surface area contributed by atoms with Crippen LogP contribution >= 0.6 is 0 Å². The van der Waals surface area contributed by atoms with Gasteiger partial charge in [-0.15, -0.1) is 0 Å². The fourth-order valence-corrected chi connectivity index (χ4v) is 5.92. The number of amides is 3. The van der Waals surface area contributed by atoms with Gasteiger partial charge in [-0.2, -0.15) is 13.2 Å². The maximum atomic E-state index is 13.4. The second-order valence-electron chi connectivity index (χ2n) is 8.87. The highest BCUT2D eigenvalue weighted by Gasteiger charge is 2.67. The van der Waals surface area contributed by atoms with Gasteiger partial charge in [0.15, 0.2) is 0 Å². The summed E-state index contributed by atoms with van der Waals surface area (Å²) in [5, 5.41) is 0. The summed E-state index contributed by atoms with van der Waals surface area (Å²) in [4.78, 5) is 40.1. The largest absolute Gasteiger partial charge is 0.471 e. The van der Waals surface area contributed by atoms with Gasteiger partial charge in [0.25, 0.3) is 0 Å². The molecule has 0 radical (unpaired) electrons. The van der Waals surface area contributed by atoms with Crippen molar-refractivity contribution in [3.05, 3.63) is 41.5 Å². The SMILES string of the molecule is Cc1cccc(C)c1N(CN1C(=O)[C@H]2[C@@H]3C=C[C@H]([C@@H]4C[C@H]34)[C@@H]2C1=O)C(=O)C(F)(F)F. The number of imide groups is 1. The number of benzene rings is 1. The number of para-hydroxylation sites is 1. The van der Waals surface area contributed by atoms with Gasteiger partial charge in [0.2, 0.25) is 11.8 Å². The van der Waals surface area contributed by atoms with Gasteiger partial charge in [-0.05, 0) is 55.1 Å². The van der Waals surface area contributed by atoms with Gasteiger partial charge in [0, 0.05) is 0 Å². The number of halogens is 3. The molecule has 2 saturated carbocycles. The number of carbonyl (C=O) groups excluding carboxylic acids is 3.